The molecule has 26 heavy (non-hydrogen) atoms. The number of carbonyl (C=O) groups is 1. The third-order valence-electron chi connectivity index (χ3n) is 4.71. The summed E-state index contributed by atoms with van der Waals surface area (Å²) >= 11 is 0. The van der Waals surface area contributed by atoms with Crippen LogP contribution in [0.1, 0.15) is 28.0 Å². The first-order valence-corrected chi connectivity index (χ1v) is 8.44. The van der Waals surface area contributed by atoms with E-state index < -0.39 is 0 Å². The highest BCUT2D eigenvalue weighted by Gasteiger charge is 2.34. The molecule has 1 atom stereocenters. The van der Waals surface area contributed by atoms with Crippen LogP contribution in [0, 0.1) is 13.8 Å². The highest BCUT2D eigenvalue weighted by atomic mass is 16.6. The van der Waals surface area contributed by atoms with Crippen molar-refractivity contribution in [2.45, 2.75) is 26.3 Å². The minimum absolute atomic E-state index is 0.136. The Labute approximate surface area is 152 Å². The Kier molecular flexibility index (Phi) is 5.27. The van der Waals surface area contributed by atoms with Crippen LogP contribution in [-0.4, -0.2) is 57.9 Å². The molecule has 1 fully saturated rings. The van der Waals surface area contributed by atoms with E-state index in [0.717, 1.165) is 22.5 Å². The van der Waals surface area contributed by atoms with Crippen LogP contribution in [0.5, 0.6) is 0 Å². The van der Waals surface area contributed by atoms with Gasteiger partial charge in [0.1, 0.15) is 12.8 Å². The lowest BCUT2D eigenvalue weighted by atomic mass is 10.0. The molecular formula is C19H22N4O3. The van der Waals surface area contributed by atoms with Crippen molar-refractivity contribution < 1.29 is 14.7 Å². The predicted molar refractivity (Wildman–Crippen MR) is 97.9 cm³/mol. The van der Waals surface area contributed by atoms with E-state index in [9.17, 15) is 9.90 Å². The number of aliphatic hydroxyl groups is 1. The smallest absolute Gasteiger partial charge is 0.274 e. The van der Waals surface area contributed by atoms with Crippen LogP contribution in [0.15, 0.2) is 35.7 Å². The van der Waals surface area contributed by atoms with Gasteiger partial charge in [-0.2, -0.15) is 0 Å². The Morgan fingerprint density at radius 1 is 1.35 bits per heavy atom. The first kappa shape index (κ1) is 18.0. The minimum Gasteiger partial charge on any atom is -0.399 e. The van der Waals surface area contributed by atoms with Crippen molar-refractivity contribution in [3.63, 3.8) is 0 Å². The highest BCUT2D eigenvalue weighted by Crippen LogP contribution is 2.24. The number of hydrogen-bond donors (Lipinski definition) is 1. The van der Waals surface area contributed by atoms with Crippen molar-refractivity contribution in [2.24, 2.45) is 5.16 Å². The van der Waals surface area contributed by atoms with Gasteiger partial charge in [-0.15, -0.1) is 0 Å². The average molecular weight is 354 g/mol. The predicted octanol–water partition coefficient (Wildman–Crippen LogP) is 1.97. The molecule has 0 bridgehead atoms. The fourth-order valence-corrected chi connectivity index (χ4v) is 3.12. The molecule has 1 aliphatic heterocycles. The van der Waals surface area contributed by atoms with E-state index in [1.165, 1.54) is 18.9 Å². The number of aliphatic hydroxyl groups excluding tert-OH is 1. The van der Waals surface area contributed by atoms with Crippen LogP contribution in [0.3, 0.4) is 0 Å². The lowest BCUT2D eigenvalue weighted by molar-refractivity contribution is 0.0674. The quantitative estimate of drug-likeness (QED) is 0.848. The third kappa shape index (κ3) is 3.43. The molecule has 0 spiro atoms. The van der Waals surface area contributed by atoms with Crippen molar-refractivity contribution in [3.05, 3.63) is 47.4 Å². The summed E-state index contributed by atoms with van der Waals surface area (Å²) in [4.78, 5) is 27.8. The monoisotopic (exact) mass is 354 g/mol. The Balaban J connectivity index is 1.83. The summed E-state index contributed by atoms with van der Waals surface area (Å²) in [6.07, 6.45) is 3.59. The number of carbonyl (C=O) groups excluding carboxylic acids is 1. The van der Waals surface area contributed by atoms with Gasteiger partial charge in [-0.05, 0) is 25.0 Å². The second-order valence-corrected chi connectivity index (χ2v) is 6.35. The maximum absolute atomic E-state index is 12.8. The average Bonchev–Trinajstić information content (AvgIpc) is 3.07. The van der Waals surface area contributed by atoms with E-state index in [1.807, 2.05) is 32.0 Å². The summed E-state index contributed by atoms with van der Waals surface area (Å²) in [5, 5.41) is 13.4. The molecule has 0 saturated carbocycles. The maximum atomic E-state index is 12.8. The zero-order valence-corrected chi connectivity index (χ0v) is 15.1. The van der Waals surface area contributed by atoms with Crippen molar-refractivity contribution >= 4 is 11.6 Å². The summed E-state index contributed by atoms with van der Waals surface area (Å²) in [6, 6.07) is 5.69. The normalized spacial score (nSPS) is 18.4. The van der Waals surface area contributed by atoms with E-state index >= 15 is 0 Å². The largest absolute Gasteiger partial charge is 0.399 e. The van der Waals surface area contributed by atoms with Gasteiger partial charge in [-0.3, -0.25) is 9.78 Å². The number of oxime groups is 1. The van der Waals surface area contributed by atoms with Gasteiger partial charge in [-0.1, -0.05) is 23.4 Å². The summed E-state index contributed by atoms with van der Waals surface area (Å²) in [5.74, 6) is -0.273. The Morgan fingerprint density at radius 3 is 2.81 bits per heavy atom. The number of aromatic nitrogens is 2. The molecule has 1 aromatic carbocycles. The molecule has 1 saturated heterocycles. The van der Waals surface area contributed by atoms with E-state index in [4.69, 9.17) is 4.84 Å². The van der Waals surface area contributed by atoms with Gasteiger partial charge in [0.2, 0.25) is 0 Å². The van der Waals surface area contributed by atoms with Crippen molar-refractivity contribution in [1.82, 2.24) is 14.9 Å². The molecule has 7 nitrogen and oxygen atoms in total. The Bertz CT molecular complexity index is 833. The fraction of sp³-hybridized carbons (Fsp3) is 0.368. The van der Waals surface area contributed by atoms with Crippen molar-refractivity contribution in [3.8, 4) is 11.3 Å². The first-order chi connectivity index (χ1) is 12.5. The van der Waals surface area contributed by atoms with Gasteiger partial charge >= 0.3 is 0 Å². The lowest BCUT2D eigenvalue weighted by Gasteiger charge is -2.21. The molecule has 1 aromatic heterocycles. The Hall–Kier alpha value is -2.80. The molecule has 3 rings (SSSR count). The molecular weight excluding hydrogens is 332 g/mol. The number of aryl methyl sites for hydroxylation is 1. The van der Waals surface area contributed by atoms with Crippen LogP contribution in [0.25, 0.3) is 11.3 Å². The number of benzene rings is 1. The van der Waals surface area contributed by atoms with Crippen LogP contribution < -0.4 is 0 Å². The standard InChI is InChI=1S/C19H22N4O3/c1-12-5-4-6-16(13(12)2)17-8-21-18(9-20-17)19(25)23-10-14(22-26-3)7-15(23)11-24/h4-6,8-9,15,24H,7,10-11H2,1-3H3/b22-14+. The van der Waals surface area contributed by atoms with Crippen molar-refractivity contribution in [1.29, 1.82) is 0 Å². The second kappa shape index (κ2) is 7.61. The van der Waals surface area contributed by atoms with E-state index in [-0.39, 0.29) is 24.2 Å². The van der Waals surface area contributed by atoms with Gasteiger partial charge in [0.15, 0.2) is 0 Å². The zero-order chi connectivity index (χ0) is 18.7. The topological polar surface area (TPSA) is 87.9 Å². The van der Waals surface area contributed by atoms with E-state index in [2.05, 4.69) is 15.1 Å². The summed E-state index contributed by atoms with van der Waals surface area (Å²) in [7, 11) is 1.46. The summed E-state index contributed by atoms with van der Waals surface area (Å²) in [6.45, 7) is 4.27. The highest BCUT2D eigenvalue weighted by molar-refractivity contribution is 5.99. The molecule has 1 unspecified atom stereocenters. The SMILES string of the molecule is CO/N=C1\CC(CO)N(C(=O)c2cnc(-c3cccc(C)c3C)cn2)C1. The molecule has 136 valence electrons. The van der Waals surface area contributed by atoms with Gasteiger partial charge in [0.05, 0.1) is 43.0 Å². The molecule has 1 amide bonds. The van der Waals surface area contributed by atoms with Gasteiger partial charge in [-0.25, -0.2) is 4.98 Å². The maximum Gasteiger partial charge on any atom is 0.274 e. The second-order valence-electron chi connectivity index (χ2n) is 6.35. The number of likely N-dealkylation sites (tertiary alicyclic amines) is 1. The summed E-state index contributed by atoms with van der Waals surface area (Å²) < 4.78 is 0. The number of rotatable bonds is 4. The molecule has 0 aliphatic carbocycles. The molecule has 2 heterocycles. The van der Waals surface area contributed by atoms with Crippen LogP contribution in [0.4, 0.5) is 0 Å². The van der Waals surface area contributed by atoms with Gasteiger partial charge in [0, 0.05) is 12.0 Å². The van der Waals surface area contributed by atoms with E-state index in [1.54, 1.807) is 11.1 Å². The molecule has 2 aromatic rings. The zero-order valence-electron chi connectivity index (χ0n) is 15.1. The first-order valence-electron chi connectivity index (χ1n) is 8.44. The van der Waals surface area contributed by atoms with Gasteiger partial charge in [0.25, 0.3) is 5.91 Å². The molecule has 0 radical (unpaired) electrons. The summed E-state index contributed by atoms with van der Waals surface area (Å²) in [5.41, 5.74) is 5.01. The third-order valence-corrected chi connectivity index (χ3v) is 4.71. The van der Waals surface area contributed by atoms with Crippen LogP contribution in [0.2, 0.25) is 0 Å². The molecule has 1 N–H and O–H groups in total. The fourth-order valence-electron chi connectivity index (χ4n) is 3.12. The number of amides is 1. The number of hydrogen-bond acceptors (Lipinski definition) is 6. The van der Waals surface area contributed by atoms with Crippen LogP contribution in [-0.2, 0) is 4.84 Å². The number of nitrogens with zero attached hydrogens (tertiary/aromatic N) is 4. The van der Waals surface area contributed by atoms with Gasteiger partial charge < -0.3 is 14.8 Å². The Morgan fingerprint density at radius 2 is 2.15 bits per heavy atom. The lowest BCUT2D eigenvalue weighted by Crippen LogP contribution is -2.38. The molecule has 7 heteroatoms. The minimum atomic E-state index is -0.322. The van der Waals surface area contributed by atoms with E-state index in [0.29, 0.717) is 13.0 Å². The van der Waals surface area contributed by atoms with Crippen LogP contribution >= 0.6 is 0 Å². The molecule has 1 aliphatic rings. The van der Waals surface area contributed by atoms with Crippen molar-refractivity contribution in [2.75, 3.05) is 20.3 Å².